The van der Waals surface area contributed by atoms with Gasteiger partial charge in [0.15, 0.2) is 0 Å². The van der Waals surface area contributed by atoms with Crippen LogP contribution in [0.1, 0.15) is 19.8 Å². The maximum Gasteiger partial charge on any atom is 0.313 e. The molecule has 5 heteroatoms. The standard InChI is InChI=1S/C17H20N2O3/c1-3-4-11-19(2)17(22)16(21)18-14-9-5-8-13-12(14)7-6-10-15(13)20/h5-10,20H,3-4,11H2,1-2H3,(H,18,21). The summed E-state index contributed by atoms with van der Waals surface area (Å²) in [6.07, 6.45) is 1.82. The van der Waals surface area contributed by atoms with E-state index < -0.39 is 11.8 Å². The van der Waals surface area contributed by atoms with E-state index in [1.54, 1.807) is 43.4 Å². The van der Waals surface area contributed by atoms with Gasteiger partial charge in [0.05, 0.1) is 0 Å². The van der Waals surface area contributed by atoms with Gasteiger partial charge < -0.3 is 15.3 Å². The highest BCUT2D eigenvalue weighted by atomic mass is 16.3. The Morgan fingerprint density at radius 2 is 1.82 bits per heavy atom. The van der Waals surface area contributed by atoms with Crippen LogP contribution < -0.4 is 5.32 Å². The molecule has 0 saturated carbocycles. The lowest BCUT2D eigenvalue weighted by molar-refractivity contribution is -0.142. The third-order valence-corrected chi connectivity index (χ3v) is 3.54. The maximum absolute atomic E-state index is 12.1. The van der Waals surface area contributed by atoms with Gasteiger partial charge in [-0.1, -0.05) is 37.6 Å². The Morgan fingerprint density at radius 1 is 1.14 bits per heavy atom. The van der Waals surface area contributed by atoms with Crippen LogP contribution >= 0.6 is 0 Å². The van der Waals surface area contributed by atoms with E-state index in [1.165, 1.54) is 4.90 Å². The van der Waals surface area contributed by atoms with Gasteiger partial charge in [-0.15, -0.1) is 0 Å². The van der Waals surface area contributed by atoms with Gasteiger partial charge in [0, 0.05) is 30.1 Å². The van der Waals surface area contributed by atoms with Crippen LogP contribution in [0.25, 0.3) is 10.8 Å². The lowest BCUT2D eigenvalue weighted by Crippen LogP contribution is -2.37. The van der Waals surface area contributed by atoms with E-state index in [0.29, 0.717) is 23.0 Å². The minimum absolute atomic E-state index is 0.139. The predicted octanol–water partition coefficient (Wildman–Crippen LogP) is 2.74. The second-order valence-electron chi connectivity index (χ2n) is 5.21. The number of unbranched alkanes of at least 4 members (excludes halogenated alkanes) is 1. The molecule has 0 aromatic heterocycles. The minimum Gasteiger partial charge on any atom is -0.507 e. The van der Waals surface area contributed by atoms with Gasteiger partial charge in [-0.2, -0.15) is 0 Å². The van der Waals surface area contributed by atoms with Crippen molar-refractivity contribution in [2.24, 2.45) is 0 Å². The molecular formula is C17H20N2O3. The summed E-state index contributed by atoms with van der Waals surface area (Å²) in [4.78, 5) is 25.5. The fourth-order valence-corrected chi connectivity index (χ4v) is 2.25. The molecule has 5 nitrogen and oxygen atoms in total. The molecule has 0 atom stereocenters. The number of carbonyl (C=O) groups is 2. The van der Waals surface area contributed by atoms with Gasteiger partial charge in [0.25, 0.3) is 0 Å². The first-order chi connectivity index (χ1) is 10.5. The monoisotopic (exact) mass is 300 g/mol. The average molecular weight is 300 g/mol. The highest BCUT2D eigenvalue weighted by molar-refractivity contribution is 6.40. The molecule has 0 aliphatic rings. The Balaban J connectivity index is 2.19. The first kappa shape index (κ1) is 15.8. The van der Waals surface area contributed by atoms with Crippen LogP contribution in [0.15, 0.2) is 36.4 Å². The van der Waals surface area contributed by atoms with Crippen LogP contribution in [0.2, 0.25) is 0 Å². The summed E-state index contributed by atoms with van der Waals surface area (Å²) >= 11 is 0. The van der Waals surface area contributed by atoms with Crippen LogP contribution in [0.3, 0.4) is 0 Å². The number of carbonyl (C=O) groups excluding carboxylic acids is 2. The number of likely N-dealkylation sites (N-methyl/N-ethyl adjacent to an activating group) is 1. The third-order valence-electron chi connectivity index (χ3n) is 3.54. The molecular weight excluding hydrogens is 280 g/mol. The maximum atomic E-state index is 12.1. The van der Waals surface area contributed by atoms with Gasteiger partial charge >= 0.3 is 11.8 Å². The predicted molar refractivity (Wildman–Crippen MR) is 86.8 cm³/mol. The van der Waals surface area contributed by atoms with Crippen molar-refractivity contribution in [3.63, 3.8) is 0 Å². The Hall–Kier alpha value is -2.56. The molecule has 0 radical (unpaired) electrons. The smallest absolute Gasteiger partial charge is 0.313 e. The van der Waals surface area contributed by atoms with Gasteiger partial charge in [-0.05, 0) is 18.6 Å². The molecule has 0 fully saturated rings. The lowest BCUT2D eigenvalue weighted by atomic mass is 10.1. The first-order valence-electron chi connectivity index (χ1n) is 7.31. The summed E-state index contributed by atoms with van der Waals surface area (Å²) in [6.45, 7) is 2.58. The van der Waals surface area contributed by atoms with E-state index in [-0.39, 0.29) is 5.75 Å². The molecule has 116 valence electrons. The van der Waals surface area contributed by atoms with Crippen molar-refractivity contribution in [1.29, 1.82) is 0 Å². The van der Waals surface area contributed by atoms with Crippen LogP contribution in [-0.4, -0.2) is 35.4 Å². The molecule has 2 N–H and O–H groups in total. The summed E-state index contributed by atoms with van der Waals surface area (Å²) in [7, 11) is 1.62. The average Bonchev–Trinajstić information content (AvgIpc) is 2.52. The quantitative estimate of drug-likeness (QED) is 0.853. The Bertz CT molecular complexity index is 697. The van der Waals surface area contributed by atoms with Gasteiger partial charge in [-0.3, -0.25) is 9.59 Å². The normalized spacial score (nSPS) is 10.5. The fraction of sp³-hybridized carbons (Fsp3) is 0.294. The Kier molecular flexibility index (Phi) is 4.99. The number of aromatic hydroxyl groups is 1. The van der Waals surface area contributed by atoms with Crippen molar-refractivity contribution in [1.82, 2.24) is 4.90 Å². The van der Waals surface area contributed by atoms with E-state index in [9.17, 15) is 14.7 Å². The number of rotatable bonds is 4. The molecule has 0 heterocycles. The third kappa shape index (κ3) is 3.36. The van der Waals surface area contributed by atoms with Gasteiger partial charge in [0.1, 0.15) is 5.75 Å². The largest absolute Gasteiger partial charge is 0.507 e. The van der Waals surface area contributed by atoms with Crippen molar-refractivity contribution < 1.29 is 14.7 Å². The van der Waals surface area contributed by atoms with Crippen molar-refractivity contribution in [3.05, 3.63) is 36.4 Å². The van der Waals surface area contributed by atoms with E-state index in [1.807, 2.05) is 6.92 Å². The molecule has 0 aliphatic heterocycles. The second-order valence-corrected chi connectivity index (χ2v) is 5.21. The van der Waals surface area contributed by atoms with Crippen LogP contribution in [0.4, 0.5) is 5.69 Å². The zero-order valence-electron chi connectivity index (χ0n) is 12.8. The number of nitrogens with zero attached hydrogens (tertiary/aromatic N) is 1. The number of anilines is 1. The molecule has 22 heavy (non-hydrogen) atoms. The molecule has 2 rings (SSSR count). The first-order valence-corrected chi connectivity index (χ1v) is 7.31. The zero-order chi connectivity index (χ0) is 16.1. The number of nitrogens with one attached hydrogen (secondary N) is 1. The number of amides is 2. The van der Waals surface area contributed by atoms with E-state index in [4.69, 9.17) is 0 Å². The SMILES string of the molecule is CCCCN(C)C(=O)C(=O)Nc1cccc2c(O)cccc12. The fourth-order valence-electron chi connectivity index (χ4n) is 2.25. The number of hydrogen-bond donors (Lipinski definition) is 2. The molecule has 0 unspecified atom stereocenters. The molecule has 2 aromatic carbocycles. The summed E-state index contributed by atoms with van der Waals surface area (Å²) < 4.78 is 0. The molecule has 0 spiro atoms. The number of fused-ring (bicyclic) bond motifs is 1. The summed E-state index contributed by atoms with van der Waals surface area (Å²) in [5.41, 5.74) is 0.510. The number of benzene rings is 2. The summed E-state index contributed by atoms with van der Waals surface area (Å²) in [5, 5.41) is 13.8. The van der Waals surface area contributed by atoms with Crippen LogP contribution in [0.5, 0.6) is 5.75 Å². The molecule has 2 aromatic rings. The Morgan fingerprint density at radius 3 is 2.55 bits per heavy atom. The summed E-state index contributed by atoms with van der Waals surface area (Å²) in [5.74, 6) is -1.10. The van der Waals surface area contributed by atoms with Crippen molar-refractivity contribution in [3.8, 4) is 5.75 Å². The van der Waals surface area contributed by atoms with E-state index >= 15 is 0 Å². The second kappa shape index (κ2) is 6.93. The number of phenols is 1. The van der Waals surface area contributed by atoms with Gasteiger partial charge in [-0.25, -0.2) is 0 Å². The minimum atomic E-state index is -0.672. The van der Waals surface area contributed by atoms with Gasteiger partial charge in [0.2, 0.25) is 0 Å². The van der Waals surface area contributed by atoms with Crippen molar-refractivity contribution >= 4 is 28.3 Å². The number of hydrogen-bond acceptors (Lipinski definition) is 3. The molecule has 0 saturated heterocycles. The van der Waals surface area contributed by atoms with E-state index in [2.05, 4.69) is 5.32 Å². The molecule has 2 amide bonds. The van der Waals surface area contributed by atoms with Crippen LogP contribution in [0, 0.1) is 0 Å². The molecule has 0 aliphatic carbocycles. The number of phenolic OH excluding ortho intramolecular Hbond substituents is 1. The van der Waals surface area contributed by atoms with Crippen molar-refractivity contribution in [2.45, 2.75) is 19.8 Å². The Labute approximate surface area is 129 Å². The highest BCUT2D eigenvalue weighted by Crippen LogP contribution is 2.29. The van der Waals surface area contributed by atoms with Crippen molar-refractivity contribution in [2.75, 3.05) is 18.9 Å². The van der Waals surface area contributed by atoms with Crippen LogP contribution in [-0.2, 0) is 9.59 Å². The topological polar surface area (TPSA) is 69.6 Å². The summed E-state index contributed by atoms with van der Waals surface area (Å²) in [6, 6.07) is 10.3. The zero-order valence-corrected chi connectivity index (χ0v) is 12.8. The van der Waals surface area contributed by atoms with E-state index in [0.717, 1.165) is 12.8 Å². The molecule has 0 bridgehead atoms. The highest BCUT2D eigenvalue weighted by Gasteiger charge is 2.19. The lowest BCUT2D eigenvalue weighted by Gasteiger charge is -2.16.